The second-order valence-electron chi connectivity index (χ2n) is 4.66. The van der Waals surface area contributed by atoms with Crippen molar-refractivity contribution in [1.82, 2.24) is 9.55 Å². The van der Waals surface area contributed by atoms with Gasteiger partial charge in [0.2, 0.25) is 6.23 Å². The fraction of sp³-hybridized carbons (Fsp3) is 0.583. The molecule has 0 aliphatic carbocycles. The van der Waals surface area contributed by atoms with Crippen molar-refractivity contribution >= 4 is 17.9 Å². The van der Waals surface area contributed by atoms with Gasteiger partial charge in [-0.2, -0.15) is 4.57 Å². The van der Waals surface area contributed by atoms with Crippen molar-refractivity contribution in [1.29, 1.82) is 0 Å². The van der Waals surface area contributed by atoms with Crippen molar-refractivity contribution in [2.24, 2.45) is 0 Å². The molecule has 1 aliphatic rings. The van der Waals surface area contributed by atoms with E-state index < -0.39 is 54.0 Å². The van der Waals surface area contributed by atoms with Crippen LogP contribution in [0, 0.1) is 10.1 Å². The van der Waals surface area contributed by atoms with Gasteiger partial charge in [0, 0.05) is 13.8 Å². The Morgan fingerprint density at radius 3 is 2.61 bits per heavy atom. The van der Waals surface area contributed by atoms with E-state index in [0.29, 0.717) is 0 Å². The fourth-order valence-electron chi connectivity index (χ4n) is 2.28. The van der Waals surface area contributed by atoms with E-state index in [1.54, 1.807) is 0 Å². The number of hydrogen-bond donors (Lipinski definition) is 0. The van der Waals surface area contributed by atoms with E-state index >= 15 is 0 Å². The highest BCUT2D eigenvalue weighted by Gasteiger charge is 2.52. The van der Waals surface area contributed by atoms with Crippen LogP contribution in [0.25, 0.3) is 0 Å². The Balaban J connectivity index is 2.44. The van der Waals surface area contributed by atoms with Crippen molar-refractivity contribution in [2.75, 3.05) is 6.65 Å². The largest absolute Gasteiger partial charge is 0.455 e. The molecule has 1 aliphatic heterocycles. The monoisotopic (exact) mass is 333 g/mol. The third-order valence-electron chi connectivity index (χ3n) is 3.04. The van der Waals surface area contributed by atoms with Gasteiger partial charge in [0.1, 0.15) is 25.1 Å². The number of aromatic nitrogens is 2. The molecule has 0 saturated carbocycles. The molecule has 0 aromatic carbocycles. The number of nitro groups is 1. The van der Waals surface area contributed by atoms with Crippen LogP contribution in [0.4, 0.5) is 10.3 Å². The van der Waals surface area contributed by atoms with Gasteiger partial charge in [0.05, 0.1) is 1.37 Å². The SMILES string of the molecule is [3H]C(F)[C@H]1O[C@H](n2ccnc2[N+](=O)[O-])[C@@H](OC(C)=O)[C@@H]1OC(C)=O. The van der Waals surface area contributed by atoms with Crippen molar-refractivity contribution < 1.29 is 34.5 Å². The molecule has 1 saturated heterocycles. The van der Waals surface area contributed by atoms with Crippen LogP contribution < -0.4 is 0 Å². The normalized spacial score (nSPS) is 28.7. The Kier molecular flexibility index (Phi) is 4.46. The van der Waals surface area contributed by atoms with Crippen LogP contribution in [0.5, 0.6) is 0 Å². The topological polar surface area (TPSA) is 123 Å². The highest BCUT2D eigenvalue weighted by molar-refractivity contribution is 5.67. The zero-order valence-electron chi connectivity index (χ0n) is 13.1. The molecular formula is C12H14FN3O7. The maximum absolute atomic E-state index is 13.5. The van der Waals surface area contributed by atoms with Crippen molar-refractivity contribution in [3.8, 4) is 0 Å². The van der Waals surface area contributed by atoms with E-state index in [2.05, 4.69) is 4.98 Å². The van der Waals surface area contributed by atoms with Gasteiger partial charge in [-0.3, -0.25) is 9.59 Å². The van der Waals surface area contributed by atoms with Crippen molar-refractivity contribution in [3.63, 3.8) is 0 Å². The molecule has 0 spiro atoms. The van der Waals surface area contributed by atoms with Crippen molar-refractivity contribution in [2.45, 2.75) is 38.4 Å². The van der Waals surface area contributed by atoms with Crippen LogP contribution in [-0.4, -0.2) is 51.4 Å². The maximum Gasteiger partial charge on any atom is 0.436 e. The minimum atomic E-state index is -2.33. The molecular weight excluding hydrogens is 317 g/mol. The number of ether oxygens (including phenoxy) is 3. The second kappa shape index (κ2) is 6.69. The third kappa shape index (κ3) is 3.44. The molecule has 2 rings (SSSR count). The number of alkyl halides is 1. The van der Waals surface area contributed by atoms with E-state index in [4.69, 9.17) is 15.6 Å². The van der Waals surface area contributed by atoms with Gasteiger partial charge in [0.25, 0.3) is 0 Å². The van der Waals surface area contributed by atoms with Crippen LogP contribution in [0.1, 0.15) is 21.4 Å². The molecule has 1 fully saturated rings. The predicted octanol–water partition coefficient (Wildman–Crippen LogP) is 0.522. The number of carbonyl (C=O) groups excluding carboxylic acids is 2. The average molecular weight is 333 g/mol. The maximum atomic E-state index is 13.5. The lowest BCUT2D eigenvalue weighted by Gasteiger charge is -2.22. The zero-order valence-corrected chi connectivity index (χ0v) is 12.1. The molecule has 0 radical (unpaired) electrons. The van der Waals surface area contributed by atoms with E-state index in [1.807, 2.05) is 0 Å². The number of carbonyl (C=O) groups is 2. The van der Waals surface area contributed by atoms with Crippen LogP contribution in [0.2, 0.25) is 0 Å². The first-order valence-electron chi connectivity index (χ1n) is 7.03. The molecule has 2 heterocycles. The Morgan fingerprint density at radius 1 is 1.48 bits per heavy atom. The first-order valence-corrected chi connectivity index (χ1v) is 6.45. The summed E-state index contributed by atoms with van der Waals surface area (Å²) in [5.74, 6) is -2.25. The average Bonchev–Trinajstić information content (AvgIpc) is 3.03. The third-order valence-corrected chi connectivity index (χ3v) is 3.04. The van der Waals surface area contributed by atoms with Crippen LogP contribution in [0.15, 0.2) is 12.4 Å². The lowest BCUT2D eigenvalue weighted by atomic mass is 10.1. The van der Waals surface area contributed by atoms with Crippen LogP contribution >= 0.6 is 0 Å². The van der Waals surface area contributed by atoms with Gasteiger partial charge in [-0.05, 0) is 4.92 Å². The minimum Gasteiger partial charge on any atom is -0.455 e. The van der Waals surface area contributed by atoms with Gasteiger partial charge in [-0.15, -0.1) is 0 Å². The molecule has 0 N–H and O–H groups in total. The molecule has 5 atom stereocenters. The lowest BCUT2D eigenvalue weighted by molar-refractivity contribution is -0.398. The first-order chi connectivity index (χ1) is 11.2. The summed E-state index contributed by atoms with van der Waals surface area (Å²) >= 11 is 0. The highest BCUT2D eigenvalue weighted by atomic mass is 19.1. The molecule has 0 amide bonds. The molecule has 23 heavy (non-hydrogen) atoms. The number of hydrogen-bond acceptors (Lipinski definition) is 8. The quantitative estimate of drug-likeness (QED) is 0.434. The van der Waals surface area contributed by atoms with Gasteiger partial charge in [0.15, 0.2) is 12.2 Å². The Bertz CT molecular complexity index is 652. The van der Waals surface area contributed by atoms with Crippen LogP contribution in [-0.2, 0) is 23.8 Å². The summed E-state index contributed by atoms with van der Waals surface area (Å²) in [6.45, 7) is -0.225. The molecule has 0 bridgehead atoms. The molecule has 126 valence electrons. The minimum absolute atomic E-state index is 0.639. The van der Waals surface area contributed by atoms with Gasteiger partial charge in [-0.25, -0.2) is 4.39 Å². The Hall–Kier alpha value is -2.56. The van der Waals surface area contributed by atoms with E-state index in [9.17, 15) is 24.1 Å². The summed E-state index contributed by atoms with van der Waals surface area (Å²) in [5, 5.41) is 11.0. The molecule has 1 aromatic heterocycles. The molecule has 1 aromatic rings. The standard InChI is InChI=1S/C12H14FN3O7/c1-6(17)21-9-8(5-13)23-11(10(9)22-7(2)18)15-4-3-14-12(15)16(19)20/h3-4,8-11H,5H2,1-2H3/t8-,9-,10+,11+/m1/s1/i5T/t5?,8-,9-,10+,11+. The van der Waals surface area contributed by atoms with E-state index in [-0.39, 0.29) is 0 Å². The van der Waals surface area contributed by atoms with E-state index in [0.717, 1.165) is 24.6 Å². The number of esters is 2. The zero-order chi connectivity index (χ0) is 18.0. The van der Waals surface area contributed by atoms with Crippen LogP contribution in [0.3, 0.4) is 0 Å². The summed E-state index contributed by atoms with van der Waals surface area (Å²) in [6.07, 6.45) is -3.52. The van der Waals surface area contributed by atoms with Gasteiger partial charge < -0.3 is 24.3 Å². The number of nitrogens with zero attached hydrogens (tertiary/aromatic N) is 3. The van der Waals surface area contributed by atoms with E-state index in [1.165, 1.54) is 6.20 Å². The van der Waals surface area contributed by atoms with Gasteiger partial charge in [-0.1, -0.05) is 4.98 Å². The molecule has 10 nitrogen and oxygen atoms in total. The fourth-order valence-corrected chi connectivity index (χ4v) is 2.28. The van der Waals surface area contributed by atoms with Gasteiger partial charge >= 0.3 is 17.9 Å². The molecule has 1 unspecified atom stereocenters. The summed E-state index contributed by atoms with van der Waals surface area (Å²) < 4.78 is 36.9. The Labute approximate surface area is 130 Å². The smallest absolute Gasteiger partial charge is 0.436 e. The summed E-state index contributed by atoms with van der Waals surface area (Å²) in [6, 6.07) is 0. The summed E-state index contributed by atoms with van der Waals surface area (Å²) in [4.78, 5) is 36.3. The summed E-state index contributed by atoms with van der Waals surface area (Å²) in [7, 11) is 0. The number of rotatable bonds is 5. The number of imidazole rings is 1. The highest BCUT2D eigenvalue weighted by Crippen LogP contribution is 2.36. The van der Waals surface area contributed by atoms with Crippen molar-refractivity contribution in [3.05, 3.63) is 22.5 Å². The second-order valence-corrected chi connectivity index (χ2v) is 4.66. The number of halogens is 1. The summed E-state index contributed by atoms with van der Waals surface area (Å²) in [5.41, 5.74) is 0. The first kappa shape index (κ1) is 15.3. The lowest BCUT2D eigenvalue weighted by Crippen LogP contribution is -2.39. The Morgan fingerprint density at radius 2 is 2.09 bits per heavy atom. The molecule has 11 heteroatoms. The predicted molar refractivity (Wildman–Crippen MR) is 69.9 cm³/mol.